The third-order valence-corrected chi connectivity index (χ3v) is 11.8. The number of hydrogen-bond donors (Lipinski definition) is 1. The number of benzene rings is 1. The lowest BCUT2D eigenvalue weighted by Gasteiger charge is -2.61. The highest BCUT2D eigenvalue weighted by Crippen LogP contribution is 2.66. The number of carbonyl (C=O) groups excluding carboxylic acids is 2. The molecule has 1 aromatic rings. The summed E-state index contributed by atoms with van der Waals surface area (Å²) in [5, 5.41) is 11.9. The van der Waals surface area contributed by atoms with E-state index >= 15 is 0 Å². The van der Waals surface area contributed by atoms with Crippen molar-refractivity contribution in [3.63, 3.8) is 0 Å². The second-order valence-corrected chi connectivity index (χ2v) is 13.8. The quantitative estimate of drug-likeness (QED) is 0.546. The van der Waals surface area contributed by atoms with Crippen molar-refractivity contribution in [1.82, 2.24) is 4.90 Å². The molecule has 5 saturated carbocycles. The molecule has 1 N–H and O–H groups in total. The molecule has 5 aliphatic rings. The maximum Gasteiger partial charge on any atom is 0.225 e. The first-order chi connectivity index (χ1) is 17.2. The van der Waals surface area contributed by atoms with Gasteiger partial charge in [0.25, 0.3) is 0 Å². The topological polar surface area (TPSA) is 57.6 Å². The summed E-state index contributed by atoms with van der Waals surface area (Å²) in [7, 11) is 0. The van der Waals surface area contributed by atoms with Crippen molar-refractivity contribution >= 4 is 11.7 Å². The van der Waals surface area contributed by atoms with Gasteiger partial charge in [0.15, 0.2) is 0 Å². The monoisotopic (exact) mass is 491 g/mol. The largest absolute Gasteiger partial charge is 0.388 e. The van der Waals surface area contributed by atoms with Crippen LogP contribution in [0.3, 0.4) is 0 Å². The van der Waals surface area contributed by atoms with Gasteiger partial charge in [0.05, 0.1) is 5.60 Å². The summed E-state index contributed by atoms with van der Waals surface area (Å²) in [6.45, 7) is 5.96. The van der Waals surface area contributed by atoms with Crippen LogP contribution in [0.15, 0.2) is 30.3 Å². The molecule has 36 heavy (non-hydrogen) atoms. The van der Waals surface area contributed by atoms with E-state index in [1.165, 1.54) is 24.8 Å². The van der Waals surface area contributed by atoms with Gasteiger partial charge >= 0.3 is 0 Å². The number of ketones is 1. The molecule has 0 aromatic heterocycles. The molecule has 4 heteroatoms. The fourth-order valence-electron chi connectivity index (χ4n) is 9.36. The Labute approximate surface area is 217 Å². The molecule has 0 bridgehead atoms. The zero-order valence-electron chi connectivity index (χ0n) is 22.4. The van der Waals surface area contributed by atoms with Crippen LogP contribution in [0, 0.1) is 40.4 Å². The van der Waals surface area contributed by atoms with E-state index in [9.17, 15) is 14.7 Å². The molecule has 1 aromatic carbocycles. The van der Waals surface area contributed by atoms with Gasteiger partial charge in [-0.2, -0.15) is 0 Å². The number of aliphatic hydroxyl groups is 1. The number of hydrogen-bond acceptors (Lipinski definition) is 3. The SMILES string of the molecule is C[C@]12CC[C@](O)(CN(CCc3ccccc3)C(=O)C3CC3)C[C@@H]1CC[C@@H]1[C@@H]2CC[C@]2(C)C(=O)CC[C@@H]12. The lowest BCUT2D eigenvalue weighted by atomic mass is 9.44. The van der Waals surface area contributed by atoms with Gasteiger partial charge in [-0.25, -0.2) is 0 Å². The fraction of sp³-hybridized carbons (Fsp3) is 0.750. The summed E-state index contributed by atoms with van der Waals surface area (Å²) in [5.74, 6) is 3.42. The van der Waals surface area contributed by atoms with Crippen molar-refractivity contribution < 1.29 is 14.7 Å². The zero-order chi connectivity index (χ0) is 25.1. The minimum atomic E-state index is -0.773. The van der Waals surface area contributed by atoms with Gasteiger partial charge in [-0.15, -0.1) is 0 Å². The molecule has 1 amide bonds. The van der Waals surface area contributed by atoms with Crippen LogP contribution in [0.2, 0.25) is 0 Å². The van der Waals surface area contributed by atoms with Crippen LogP contribution >= 0.6 is 0 Å². The normalized spacial score (nSPS) is 41.8. The lowest BCUT2D eigenvalue weighted by molar-refractivity contribution is -0.161. The predicted molar refractivity (Wildman–Crippen MR) is 141 cm³/mol. The van der Waals surface area contributed by atoms with Gasteiger partial charge in [0, 0.05) is 30.8 Å². The average Bonchev–Trinajstić information content (AvgIpc) is 3.67. The van der Waals surface area contributed by atoms with E-state index in [1.54, 1.807) is 0 Å². The van der Waals surface area contributed by atoms with Gasteiger partial charge in [0.2, 0.25) is 5.91 Å². The highest BCUT2D eigenvalue weighted by Gasteiger charge is 2.61. The average molecular weight is 492 g/mol. The third kappa shape index (κ3) is 4.16. The number of fused-ring (bicyclic) bond motifs is 5. The van der Waals surface area contributed by atoms with Crippen LogP contribution in [0.25, 0.3) is 0 Å². The first-order valence-corrected chi connectivity index (χ1v) is 14.8. The van der Waals surface area contributed by atoms with E-state index < -0.39 is 5.60 Å². The van der Waals surface area contributed by atoms with E-state index in [0.29, 0.717) is 42.5 Å². The molecule has 4 nitrogen and oxygen atoms in total. The zero-order valence-corrected chi connectivity index (χ0v) is 22.4. The number of amides is 1. The van der Waals surface area contributed by atoms with Crippen LogP contribution in [0.5, 0.6) is 0 Å². The second-order valence-electron chi connectivity index (χ2n) is 13.8. The molecule has 0 unspecified atom stereocenters. The van der Waals surface area contributed by atoms with Gasteiger partial charge in [0.1, 0.15) is 5.78 Å². The Bertz CT molecular complexity index is 1000. The molecular weight excluding hydrogens is 446 g/mol. The Kier molecular flexibility index (Phi) is 6.14. The summed E-state index contributed by atoms with van der Waals surface area (Å²) in [4.78, 5) is 28.0. The minimum absolute atomic E-state index is 0.0673. The van der Waals surface area contributed by atoms with Crippen LogP contribution in [-0.4, -0.2) is 40.4 Å². The molecule has 5 fully saturated rings. The Balaban J connectivity index is 1.15. The first kappa shape index (κ1) is 24.6. The standard InChI is InChI=1S/C32H45NO3/c1-30-17-18-32(36,21-33(29(35)23-8-9-23)19-15-22-6-4-3-5-7-22)20-24(30)10-11-25-26-12-13-28(34)31(26,2)16-14-27(25)30/h3-7,23-27,36H,8-21H2,1-2H3/t24-,25-,26-,27-,30-,31-,32+/m0/s1. The van der Waals surface area contributed by atoms with Crippen LogP contribution in [-0.2, 0) is 16.0 Å². The smallest absolute Gasteiger partial charge is 0.225 e. The number of nitrogens with zero attached hydrogens (tertiary/aromatic N) is 1. The van der Waals surface area contributed by atoms with Gasteiger partial charge in [-0.05, 0) is 105 Å². The van der Waals surface area contributed by atoms with E-state index in [-0.39, 0.29) is 22.7 Å². The summed E-state index contributed by atoms with van der Waals surface area (Å²) in [6, 6.07) is 10.4. The molecule has 6 rings (SSSR count). The van der Waals surface area contributed by atoms with Crippen molar-refractivity contribution in [3.8, 4) is 0 Å². The van der Waals surface area contributed by atoms with Crippen LogP contribution in [0.4, 0.5) is 0 Å². The van der Waals surface area contributed by atoms with E-state index in [1.807, 2.05) is 11.0 Å². The molecule has 0 spiro atoms. The molecule has 0 saturated heterocycles. The third-order valence-electron chi connectivity index (χ3n) is 11.8. The Hall–Kier alpha value is -1.68. The number of rotatable bonds is 6. The highest BCUT2D eigenvalue weighted by atomic mass is 16.3. The first-order valence-electron chi connectivity index (χ1n) is 14.8. The van der Waals surface area contributed by atoms with Gasteiger partial charge < -0.3 is 10.0 Å². The Morgan fingerprint density at radius 3 is 2.50 bits per heavy atom. The van der Waals surface area contributed by atoms with Gasteiger partial charge in [-0.1, -0.05) is 44.2 Å². The molecule has 196 valence electrons. The Morgan fingerprint density at radius 1 is 0.972 bits per heavy atom. The van der Waals surface area contributed by atoms with Gasteiger partial charge in [-0.3, -0.25) is 9.59 Å². The molecular formula is C32H45NO3. The summed E-state index contributed by atoms with van der Waals surface area (Å²) >= 11 is 0. The van der Waals surface area contributed by atoms with Crippen LogP contribution < -0.4 is 0 Å². The minimum Gasteiger partial charge on any atom is -0.388 e. The highest BCUT2D eigenvalue weighted by molar-refractivity contribution is 5.87. The molecule has 5 aliphatic carbocycles. The second kappa shape index (κ2) is 8.96. The van der Waals surface area contributed by atoms with Crippen molar-refractivity contribution in [1.29, 1.82) is 0 Å². The number of carbonyl (C=O) groups is 2. The number of Topliss-reactive ketones (excluding diaryl/α,β-unsaturated/α-hetero) is 1. The molecule has 0 radical (unpaired) electrons. The molecule has 0 aliphatic heterocycles. The van der Waals surface area contributed by atoms with E-state index in [4.69, 9.17) is 0 Å². The van der Waals surface area contributed by atoms with Crippen molar-refractivity contribution in [3.05, 3.63) is 35.9 Å². The summed E-state index contributed by atoms with van der Waals surface area (Å²) in [6.07, 6.45) is 12.0. The predicted octanol–water partition coefficient (Wildman–Crippen LogP) is 5.81. The summed E-state index contributed by atoms with van der Waals surface area (Å²) in [5.41, 5.74) is 0.673. The van der Waals surface area contributed by atoms with Crippen molar-refractivity contribution in [2.24, 2.45) is 40.4 Å². The van der Waals surface area contributed by atoms with Crippen molar-refractivity contribution in [2.45, 2.75) is 96.5 Å². The van der Waals surface area contributed by atoms with Crippen molar-refractivity contribution in [2.75, 3.05) is 13.1 Å². The van der Waals surface area contributed by atoms with Crippen LogP contribution in [0.1, 0.15) is 90.0 Å². The maximum atomic E-state index is 13.2. The van der Waals surface area contributed by atoms with E-state index in [2.05, 4.69) is 38.1 Å². The van der Waals surface area contributed by atoms with E-state index in [0.717, 1.165) is 57.8 Å². The Morgan fingerprint density at radius 2 is 1.75 bits per heavy atom. The lowest BCUT2D eigenvalue weighted by Crippen LogP contribution is -2.58. The summed E-state index contributed by atoms with van der Waals surface area (Å²) < 4.78 is 0. The fourth-order valence-corrected chi connectivity index (χ4v) is 9.36. The molecule has 7 atom stereocenters. The maximum absolute atomic E-state index is 13.2. The molecule has 0 heterocycles.